The lowest BCUT2D eigenvalue weighted by Crippen LogP contribution is -2.32. The van der Waals surface area contributed by atoms with E-state index in [2.05, 4.69) is 9.72 Å². The van der Waals surface area contributed by atoms with Crippen LogP contribution in [-0.4, -0.2) is 42.5 Å². The van der Waals surface area contributed by atoms with Gasteiger partial charge in [0.15, 0.2) is 5.01 Å². The van der Waals surface area contributed by atoms with Crippen LogP contribution in [0.25, 0.3) is 0 Å². The molecule has 6 heteroatoms. The standard InChI is InChI=1S/C8H10N2O3S/c1-10(5-6(11)13-2)8(12)7-9-3-4-14-7/h3-4H,5H2,1-2H3. The topological polar surface area (TPSA) is 59.5 Å². The number of esters is 1. The second-order valence-corrected chi connectivity index (χ2v) is 3.47. The zero-order valence-corrected chi connectivity index (χ0v) is 8.71. The molecule has 0 aliphatic rings. The van der Waals surface area contributed by atoms with Gasteiger partial charge in [0.1, 0.15) is 6.54 Å². The zero-order chi connectivity index (χ0) is 10.6. The molecule has 0 N–H and O–H groups in total. The Balaban J connectivity index is 2.58. The van der Waals surface area contributed by atoms with Crippen LogP contribution < -0.4 is 0 Å². The van der Waals surface area contributed by atoms with Crippen LogP contribution in [0, 0.1) is 0 Å². The van der Waals surface area contributed by atoms with Gasteiger partial charge in [0.05, 0.1) is 7.11 Å². The van der Waals surface area contributed by atoms with Gasteiger partial charge in [0, 0.05) is 18.6 Å². The lowest BCUT2D eigenvalue weighted by molar-refractivity contribution is -0.141. The van der Waals surface area contributed by atoms with Crippen LogP contribution in [0.5, 0.6) is 0 Å². The molecule has 0 aliphatic carbocycles. The number of likely N-dealkylation sites (N-methyl/N-ethyl adjacent to an activating group) is 1. The summed E-state index contributed by atoms with van der Waals surface area (Å²) in [7, 11) is 2.81. The molecule has 0 fully saturated rings. The van der Waals surface area contributed by atoms with Crippen molar-refractivity contribution in [3.8, 4) is 0 Å². The number of hydrogen-bond donors (Lipinski definition) is 0. The minimum atomic E-state index is -0.447. The van der Waals surface area contributed by atoms with Crippen LogP contribution in [0.15, 0.2) is 11.6 Å². The van der Waals surface area contributed by atoms with E-state index in [-0.39, 0.29) is 12.5 Å². The molecular formula is C8H10N2O3S. The highest BCUT2D eigenvalue weighted by atomic mass is 32.1. The number of hydrogen-bond acceptors (Lipinski definition) is 5. The largest absolute Gasteiger partial charge is 0.468 e. The first kappa shape index (κ1) is 10.6. The van der Waals surface area contributed by atoms with Crippen molar-refractivity contribution < 1.29 is 14.3 Å². The fraction of sp³-hybridized carbons (Fsp3) is 0.375. The number of carbonyl (C=O) groups is 2. The second-order valence-electron chi connectivity index (χ2n) is 2.57. The van der Waals surface area contributed by atoms with Crippen molar-refractivity contribution in [1.82, 2.24) is 9.88 Å². The average Bonchev–Trinajstić information content (AvgIpc) is 2.69. The fourth-order valence-corrected chi connectivity index (χ4v) is 1.45. The van der Waals surface area contributed by atoms with Gasteiger partial charge < -0.3 is 9.64 Å². The fourth-order valence-electron chi connectivity index (χ4n) is 0.822. The Morgan fingerprint density at radius 3 is 2.86 bits per heavy atom. The van der Waals surface area contributed by atoms with Gasteiger partial charge in [-0.15, -0.1) is 11.3 Å². The molecular weight excluding hydrogens is 204 g/mol. The molecule has 1 amide bonds. The van der Waals surface area contributed by atoms with E-state index in [0.717, 1.165) is 0 Å². The summed E-state index contributed by atoms with van der Waals surface area (Å²) in [5.74, 6) is -0.720. The van der Waals surface area contributed by atoms with E-state index in [4.69, 9.17) is 0 Å². The molecule has 1 aromatic rings. The molecule has 14 heavy (non-hydrogen) atoms. The van der Waals surface area contributed by atoms with Crippen LogP contribution in [0.4, 0.5) is 0 Å². The molecule has 0 unspecified atom stereocenters. The minimum absolute atomic E-state index is 0.0606. The monoisotopic (exact) mass is 214 g/mol. The Kier molecular flexibility index (Phi) is 3.58. The maximum Gasteiger partial charge on any atom is 0.325 e. The van der Waals surface area contributed by atoms with Gasteiger partial charge in [-0.05, 0) is 0 Å². The molecule has 76 valence electrons. The summed E-state index contributed by atoms with van der Waals surface area (Å²) in [6, 6.07) is 0. The van der Waals surface area contributed by atoms with Gasteiger partial charge in [0.2, 0.25) is 0 Å². The van der Waals surface area contributed by atoms with E-state index in [1.165, 1.54) is 30.4 Å². The Morgan fingerprint density at radius 2 is 2.36 bits per heavy atom. The Morgan fingerprint density at radius 1 is 1.64 bits per heavy atom. The third kappa shape index (κ3) is 2.53. The van der Waals surface area contributed by atoms with Crippen molar-refractivity contribution >= 4 is 23.2 Å². The molecule has 0 radical (unpaired) electrons. The minimum Gasteiger partial charge on any atom is -0.468 e. The quantitative estimate of drug-likeness (QED) is 0.683. The Hall–Kier alpha value is -1.43. The van der Waals surface area contributed by atoms with Crippen molar-refractivity contribution in [2.75, 3.05) is 20.7 Å². The van der Waals surface area contributed by atoms with Crippen LogP contribution in [-0.2, 0) is 9.53 Å². The summed E-state index contributed by atoms with van der Waals surface area (Å²) in [6.07, 6.45) is 1.55. The van der Waals surface area contributed by atoms with Gasteiger partial charge in [0.25, 0.3) is 5.91 Å². The molecule has 1 aromatic heterocycles. The molecule has 0 aliphatic heterocycles. The van der Waals surface area contributed by atoms with E-state index in [0.29, 0.717) is 5.01 Å². The second kappa shape index (κ2) is 4.71. The lowest BCUT2D eigenvalue weighted by atomic mass is 10.5. The van der Waals surface area contributed by atoms with Crippen LogP contribution in [0.1, 0.15) is 9.80 Å². The number of nitrogens with zero attached hydrogens (tertiary/aromatic N) is 2. The highest BCUT2D eigenvalue weighted by Crippen LogP contribution is 2.06. The van der Waals surface area contributed by atoms with Crippen molar-refractivity contribution in [3.63, 3.8) is 0 Å². The first-order chi connectivity index (χ1) is 6.65. The maximum atomic E-state index is 11.5. The highest BCUT2D eigenvalue weighted by Gasteiger charge is 2.16. The summed E-state index contributed by atoms with van der Waals surface area (Å²) in [6.45, 7) is -0.0606. The zero-order valence-electron chi connectivity index (χ0n) is 7.89. The van der Waals surface area contributed by atoms with Crippen molar-refractivity contribution in [1.29, 1.82) is 0 Å². The predicted molar refractivity (Wildman–Crippen MR) is 51.1 cm³/mol. The van der Waals surface area contributed by atoms with Gasteiger partial charge >= 0.3 is 5.97 Å². The number of aromatic nitrogens is 1. The molecule has 0 spiro atoms. The van der Waals surface area contributed by atoms with Gasteiger partial charge in [-0.2, -0.15) is 0 Å². The number of rotatable bonds is 3. The van der Waals surface area contributed by atoms with E-state index in [1.807, 2.05) is 0 Å². The highest BCUT2D eigenvalue weighted by molar-refractivity contribution is 7.11. The van der Waals surface area contributed by atoms with Gasteiger partial charge in [-0.1, -0.05) is 0 Å². The molecule has 0 saturated heterocycles. The van der Waals surface area contributed by atoms with Crippen molar-refractivity contribution in [3.05, 3.63) is 16.6 Å². The summed E-state index contributed by atoms with van der Waals surface area (Å²) in [4.78, 5) is 27.5. The van der Waals surface area contributed by atoms with E-state index >= 15 is 0 Å². The third-order valence-corrected chi connectivity index (χ3v) is 2.32. The molecule has 5 nitrogen and oxygen atoms in total. The first-order valence-electron chi connectivity index (χ1n) is 3.87. The summed E-state index contributed by atoms with van der Waals surface area (Å²) in [5, 5.41) is 2.08. The molecule has 0 aromatic carbocycles. The Bertz CT molecular complexity index is 323. The summed E-state index contributed by atoms with van der Waals surface area (Å²) < 4.78 is 4.44. The maximum absolute atomic E-state index is 11.5. The first-order valence-corrected chi connectivity index (χ1v) is 4.75. The summed E-state index contributed by atoms with van der Waals surface area (Å²) >= 11 is 1.24. The molecule has 0 bridgehead atoms. The van der Waals surface area contributed by atoms with Crippen molar-refractivity contribution in [2.24, 2.45) is 0 Å². The predicted octanol–water partition coefficient (Wildman–Crippen LogP) is 0.388. The Labute approximate surface area is 85.3 Å². The normalized spacial score (nSPS) is 9.57. The lowest BCUT2D eigenvalue weighted by Gasteiger charge is -2.13. The SMILES string of the molecule is COC(=O)CN(C)C(=O)c1nccs1. The molecule has 1 heterocycles. The molecule has 0 saturated carbocycles. The van der Waals surface area contributed by atoms with Gasteiger partial charge in [-0.25, -0.2) is 4.98 Å². The number of methoxy groups -OCH3 is 1. The molecule has 0 atom stereocenters. The number of amides is 1. The van der Waals surface area contributed by atoms with Crippen LogP contribution in [0.2, 0.25) is 0 Å². The van der Waals surface area contributed by atoms with E-state index < -0.39 is 5.97 Å². The number of ether oxygens (including phenoxy) is 1. The van der Waals surface area contributed by atoms with Crippen LogP contribution >= 0.6 is 11.3 Å². The van der Waals surface area contributed by atoms with Crippen LogP contribution in [0.3, 0.4) is 0 Å². The smallest absolute Gasteiger partial charge is 0.325 e. The van der Waals surface area contributed by atoms with E-state index in [1.54, 1.807) is 11.6 Å². The van der Waals surface area contributed by atoms with E-state index in [9.17, 15) is 9.59 Å². The van der Waals surface area contributed by atoms with Gasteiger partial charge in [-0.3, -0.25) is 9.59 Å². The number of carbonyl (C=O) groups excluding carboxylic acids is 2. The summed E-state index contributed by atoms with van der Waals surface area (Å²) in [5.41, 5.74) is 0. The number of thiazole rings is 1. The molecule has 1 rings (SSSR count). The average molecular weight is 214 g/mol. The van der Waals surface area contributed by atoms with Crippen molar-refractivity contribution in [2.45, 2.75) is 0 Å². The third-order valence-electron chi connectivity index (χ3n) is 1.56.